The van der Waals surface area contributed by atoms with Gasteiger partial charge >= 0.3 is 6.18 Å². The number of nitrogens with one attached hydrogen (secondary N) is 2. The Morgan fingerprint density at radius 2 is 1.67 bits per heavy atom. The van der Waals surface area contributed by atoms with Crippen molar-refractivity contribution in [2.75, 3.05) is 11.0 Å². The summed E-state index contributed by atoms with van der Waals surface area (Å²) in [5.41, 5.74) is 0.0239. The zero-order valence-electron chi connectivity index (χ0n) is 17.4. The summed E-state index contributed by atoms with van der Waals surface area (Å²) in [6, 6.07) is 8.68. The average molecular weight is 443 g/mol. The van der Waals surface area contributed by atoms with E-state index in [1.54, 1.807) is 13.0 Å². The van der Waals surface area contributed by atoms with E-state index >= 15 is 0 Å². The Balaban J connectivity index is 2.39. The van der Waals surface area contributed by atoms with E-state index in [0.29, 0.717) is 11.1 Å². The van der Waals surface area contributed by atoms with Crippen molar-refractivity contribution >= 4 is 21.6 Å². The van der Waals surface area contributed by atoms with Gasteiger partial charge in [0.25, 0.3) is 5.91 Å². The van der Waals surface area contributed by atoms with Crippen LogP contribution in [-0.2, 0) is 16.2 Å². The molecule has 1 atom stereocenters. The molecule has 2 rings (SSSR count). The summed E-state index contributed by atoms with van der Waals surface area (Å²) in [6.45, 7) is 7.12. The monoisotopic (exact) mass is 442 g/mol. The quantitative estimate of drug-likeness (QED) is 0.691. The fraction of sp³-hybridized carbons (Fsp3) is 0.381. The molecule has 2 aromatic carbocycles. The van der Waals surface area contributed by atoms with Gasteiger partial charge in [0.15, 0.2) is 0 Å². The number of hydrogen-bond donors (Lipinski definition) is 2. The summed E-state index contributed by atoms with van der Waals surface area (Å²) >= 11 is 0. The Kier molecular flexibility index (Phi) is 6.56. The molecule has 1 unspecified atom stereocenters. The highest BCUT2D eigenvalue weighted by molar-refractivity contribution is 7.92. The summed E-state index contributed by atoms with van der Waals surface area (Å²) in [7, 11) is -3.54. The number of carbonyl (C=O) groups is 1. The zero-order valence-corrected chi connectivity index (χ0v) is 18.2. The molecule has 0 fully saturated rings. The molecule has 0 aromatic heterocycles. The third-order valence-electron chi connectivity index (χ3n) is 4.48. The number of halogens is 3. The van der Waals surface area contributed by atoms with Gasteiger partial charge in [0.2, 0.25) is 10.0 Å². The smallest absolute Gasteiger partial charge is 0.345 e. The molecule has 1 amide bonds. The lowest BCUT2D eigenvalue weighted by Crippen LogP contribution is -2.36. The van der Waals surface area contributed by atoms with Crippen LogP contribution in [0.25, 0.3) is 0 Å². The van der Waals surface area contributed by atoms with E-state index in [1.165, 1.54) is 24.3 Å². The fourth-order valence-corrected chi connectivity index (χ4v) is 3.60. The van der Waals surface area contributed by atoms with Crippen LogP contribution in [0.1, 0.15) is 53.9 Å². The summed E-state index contributed by atoms with van der Waals surface area (Å²) < 4.78 is 64.8. The Hall–Kier alpha value is -2.55. The first-order chi connectivity index (χ1) is 13.6. The van der Waals surface area contributed by atoms with Crippen molar-refractivity contribution in [1.29, 1.82) is 0 Å². The lowest BCUT2D eigenvalue weighted by molar-refractivity contribution is -0.137. The van der Waals surface area contributed by atoms with E-state index < -0.39 is 39.1 Å². The number of aryl methyl sites for hydroxylation is 1. The lowest BCUT2D eigenvalue weighted by atomic mass is 9.81. The lowest BCUT2D eigenvalue weighted by Gasteiger charge is -2.32. The number of carbonyl (C=O) groups excluding carboxylic acids is 1. The molecule has 0 bridgehead atoms. The molecule has 2 aromatic rings. The van der Waals surface area contributed by atoms with Gasteiger partial charge in [0, 0.05) is 5.56 Å². The van der Waals surface area contributed by atoms with Gasteiger partial charge in [-0.1, -0.05) is 39.0 Å². The van der Waals surface area contributed by atoms with E-state index in [4.69, 9.17) is 0 Å². The van der Waals surface area contributed by atoms with Crippen LogP contribution in [0.2, 0.25) is 0 Å². The molecule has 2 N–H and O–H groups in total. The second-order valence-electron chi connectivity index (χ2n) is 8.30. The van der Waals surface area contributed by atoms with Gasteiger partial charge < -0.3 is 5.32 Å². The van der Waals surface area contributed by atoms with Gasteiger partial charge in [0.05, 0.1) is 23.5 Å². The predicted molar refractivity (Wildman–Crippen MR) is 111 cm³/mol. The standard InChI is InChI=1S/C21H25F3N2O3S/c1-13-9-10-15(12-17(13)26-30(5,28)29)19(27)25-18(20(2,3)4)14-7-6-8-16(11-14)21(22,23)24/h6-12,18,26H,1-5H3,(H,25,27). The van der Waals surface area contributed by atoms with Gasteiger partial charge in [-0.15, -0.1) is 0 Å². The van der Waals surface area contributed by atoms with Crippen LogP contribution in [0.3, 0.4) is 0 Å². The fourth-order valence-electron chi connectivity index (χ4n) is 2.98. The number of rotatable bonds is 5. The molecule has 0 spiro atoms. The maximum Gasteiger partial charge on any atom is 0.416 e. The minimum Gasteiger partial charge on any atom is -0.345 e. The largest absolute Gasteiger partial charge is 0.416 e. The van der Waals surface area contributed by atoms with Crippen molar-refractivity contribution in [2.24, 2.45) is 5.41 Å². The molecule has 0 radical (unpaired) electrons. The summed E-state index contributed by atoms with van der Waals surface area (Å²) in [4.78, 5) is 12.9. The van der Waals surface area contributed by atoms with E-state index in [-0.39, 0.29) is 11.3 Å². The van der Waals surface area contributed by atoms with Crippen LogP contribution in [0.4, 0.5) is 18.9 Å². The normalized spacial score (nSPS) is 13.6. The van der Waals surface area contributed by atoms with Crippen molar-refractivity contribution in [3.8, 4) is 0 Å². The molecule has 9 heteroatoms. The van der Waals surface area contributed by atoms with Gasteiger partial charge in [-0.25, -0.2) is 8.42 Å². The average Bonchev–Trinajstić information content (AvgIpc) is 2.58. The van der Waals surface area contributed by atoms with Gasteiger partial charge in [-0.2, -0.15) is 13.2 Å². The van der Waals surface area contributed by atoms with Crippen molar-refractivity contribution in [3.05, 3.63) is 64.7 Å². The number of sulfonamides is 1. The van der Waals surface area contributed by atoms with Crippen LogP contribution >= 0.6 is 0 Å². The van der Waals surface area contributed by atoms with E-state index in [0.717, 1.165) is 18.4 Å². The second-order valence-corrected chi connectivity index (χ2v) is 10.0. The maximum atomic E-state index is 13.1. The van der Waals surface area contributed by atoms with Gasteiger partial charge in [0.1, 0.15) is 0 Å². The Morgan fingerprint density at radius 1 is 1.03 bits per heavy atom. The van der Waals surface area contributed by atoms with E-state index in [1.807, 2.05) is 20.8 Å². The Labute approximate surface area is 174 Å². The van der Waals surface area contributed by atoms with E-state index in [9.17, 15) is 26.4 Å². The number of anilines is 1. The zero-order chi connectivity index (χ0) is 22.9. The van der Waals surface area contributed by atoms with Gasteiger partial charge in [-0.3, -0.25) is 9.52 Å². The number of benzene rings is 2. The topological polar surface area (TPSA) is 75.3 Å². The van der Waals surface area contributed by atoms with Crippen LogP contribution in [0, 0.1) is 12.3 Å². The molecule has 164 valence electrons. The molecule has 0 heterocycles. The SMILES string of the molecule is Cc1ccc(C(=O)NC(c2cccc(C(F)(F)F)c2)C(C)(C)C)cc1NS(C)(=O)=O. The Bertz CT molecular complexity index is 1040. The first-order valence-corrected chi connectivity index (χ1v) is 11.0. The van der Waals surface area contributed by atoms with Crippen molar-refractivity contribution in [1.82, 2.24) is 5.32 Å². The van der Waals surface area contributed by atoms with E-state index in [2.05, 4.69) is 10.0 Å². The van der Waals surface area contributed by atoms with Crippen molar-refractivity contribution in [3.63, 3.8) is 0 Å². The third-order valence-corrected chi connectivity index (χ3v) is 5.07. The first kappa shape index (κ1) is 23.7. The van der Waals surface area contributed by atoms with Crippen molar-refractivity contribution < 1.29 is 26.4 Å². The highest BCUT2D eigenvalue weighted by Gasteiger charge is 2.33. The third kappa shape index (κ3) is 6.22. The number of hydrogen-bond acceptors (Lipinski definition) is 3. The van der Waals surface area contributed by atoms with Crippen LogP contribution in [0.5, 0.6) is 0 Å². The van der Waals surface area contributed by atoms with Crippen molar-refractivity contribution in [2.45, 2.75) is 39.9 Å². The molecule has 0 aliphatic heterocycles. The first-order valence-electron chi connectivity index (χ1n) is 9.14. The van der Waals surface area contributed by atoms with Crippen LogP contribution < -0.4 is 10.0 Å². The van der Waals surface area contributed by atoms with Gasteiger partial charge in [-0.05, 0) is 47.7 Å². The molecule has 30 heavy (non-hydrogen) atoms. The molecule has 0 aliphatic rings. The molecular weight excluding hydrogens is 417 g/mol. The molecule has 5 nitrogen and oxygen atoms in total. The van der Waals surface area contributed by atoms with Crippen LogP contribution in [-0.4, -0.2) is 20.6 Å². The maximum absolute atomic E-state index is 13.1. The summed E-state index contributed by atoms with van der Waals surface area (Å²) in [6.07, 6.45) is -3.49. The minimum atomic E-state index is -4.49. The molecule has 0 saturated carbocycles. The minimum absolute atomic E-state index is 0.188. The predicted octanol–water partition coefficient (Wildman–Crippen LogP) is 4.90. The highest BCUT2D eigenvalue weighted by Crippen LogP contribution is 2.36. The summed E-state index contributed by atoms with van der Waals surface area (Å²) in [5.74, 6) is -0.524. The highest BCUT2D eigenvalue weighted by atomic mass is 32.2. The number of alkyl halides is 3. The number of amides is 1. The second kappa shape index (κ2) is 8.29. The Morgan fingerprint density at radius 3 is 2.20 bits per heavy atom. The summed E-state index contributed by atoms with van der Waals surface area (Å²) in [5, 5.41) is 2.79. The molecule has 0 aliphatic carbocycles. The van der Waals surface area contributed by atoms with Crippen LogP contribution in [0.15, 0.2) is 42.5 Å². The molecular formula is C21H25F3N2O3S. The molecule has 0 saturated heterocycles.